The fourth-order valence-electron chi connectivity index (χ4n) is 2.25. The van der Waals surface area contributed by atoms with E-state index in [-0.39, 0.29) is 11.9 Å². The Hall–Kier alpha value is -1.70. The summed E-state index contributed by atoms with van der Waals surface area (Å²) in [5, 5.41) is 12.0. The number of rotatable bonds is 3. The summed E-state index contributed by atoms with van der Waals surface area (Å²) < 4.78 is 0. The van der Waals surface area contributed by atoms with Gasteiger partial charge >= 0.3 is 12.0 Å². The lowest BCUT2D eigenvalue weighted by atomic mass is 9.74. The molecule has 1 aliphatic heterocycles. The number of hydrogen-bond acceptors (Lipinski definition) is 2. The van der Waals surface area contributed by atoms with Crippen LogP contribution < -0.4 is 5.32 Å². The maximum Gasteiger partial charge on any atom is 0.318 e. The smallest absolute Gasteiger partial charge is 0.318 e. The third-order valence-corrected chi connectivity index (χ3v) is 3.79. The zero-order valence-electron chi connectivity index (χ0n) is 11.8. The summed E-state index contributed by atoms with van der Waals surface area (Å²) >= 11 is 0. The van der Waals surface area contributed by atoms with Gasteiger partial charge in [-0.25, -0.2) is 4.79 Å². The third-order valence-electron chi connectivity index (χ3n) is 3.79. The maximum atomic E-state index is 11.9. The molecule has 1 heterocycles. The summed E-state index contributed by atoms with van der Waals surface area (Å²) in [4.78, 5) is 24.9. The number of hydrogen-bond donors (Lipinski definition) is 2. The standard InChI is InChI=1S/C14H22N2O3/c1-4-5-8-15-13(19)16-9-6-7-11(10-16)14(2,3)12(17)18/h11H,6-10H2,1-3H3,(H,15,19)(H,17,18). The van der Waals surface area contributed by atoms with Crippen LogP contribution >= 0.6 is 0 Å². The highest BCUT2D eigenvalue weighted by Crippen LogP contribution is 2.34. The van der Waals surface area contributed by atoms with Crippen molar-refractivity contribution in [3.8, 4) is 11.8 Å². The highest BCUT2D eigenvalue weighted by atomic mass is 16.4. The number of carboxylic acid groups (broad SMARTS) is 1. The number of nitrogens with one attached hydrogen (secondary N) is 1. The van der Waals surface area contributed by atoms with E-state index < -0.39 is 11.4 Å². The summed E-state index contributed by atoms with van der Waals surface area (Å²) in [5.74, 6) is 4.67. The van der Waals surface area contributed by atoms with E-state index in [0.717, 1.165) is 12.8 Å². The van der Waals surface area contributed by atoms with Gasteiger partial charge in [-0.2, -0.15) is 0 Å². The second-order valence-corrected chi connectivity index (χ2v) is 5.40. The summed E-state index contributed by atoms with van der Waals surface area (Å²) in [7, 11) is 0. The molecule has 106 valence electrons. The van der Waals surface area contributed by atoms with Gasteiger partial charge in [0, 0.05) is 13.1 Å². The highest BCUT2D eigenvalue weighted by molar-refractivity contribution is 5.76. The zero-order chi connectivity index (χ0) is 14.5. The molecule has 19 heavy (non-hydrogen) atoms. The molecule has 0 radical (unpaired) electrons. The number of urea groups is 1. The van der Waals surface area contributed by atoms with Crippen LogP contribution in [-0.2, 0) is 4.79 Å². The van der Waals surface area contributed by atoms with Crippen molar-refractivity contribution in [1.29, 1.82) is 0 Å². The predicted octanol–water partition coefficient (Wildman–Crippen LogP) is 1.54. The second-order valence-electron chi connectivity index (χ2n) is 5.40. The SMILES string of the molecule is CC#CCNC(=O)N1CCCC(C(C)(C)C(=O)O)C1. The number of nitrogens with zero attached hydrogens (tertiary/aromatic N) is 1. The molecule has 0 aliphatic carbocycles. The van der Waals surface area contributed by atoms with Crippen LogP contribution in [-0.4, -0.2) is 41.6 Å². The van der Waals surface area contributed by atoms with Crippen molar-refractivity contribution in [2.24, 2.45) is 11.3 Å². The highest BCUT2D eigenvalue weighted by Gasteiger charge is 2.39. The maximum absolute atomic E-state index is 11.9. The van der Waals surface area contributed by atoms with Gasteiger partial charge in [0.15, 0.2) is 0 Å². The quantitative estimate of drug-likeness (QED) is 0.761. The Morgan fingerprint density at radius 1 is 1.47 bits per heavy atom. The number of carboxylic acids is 1. The molecule has 1 aliphatic rings. The molecule has 5 nitrogen and oxygen atoms in total. The number of piperidine rings is 1. The van der Waals surface area contributed by atoms with Crippen LogP contribution in [0.4, 0.5) is 4.79 Å². The largest absolute Gasteiger partial charge is 0.481 e. The van der Waals surface area contributed by atoms with Crippen LogP contribution in [0.25, 0.3) is 0 Å². The molecule has 0 bridgehead atoms. The predicted molar refractivity (Wildman–Crippen MR) is 72.6 cm³/mol. The summed E-state index contributed by atoms with van der Waals surface area (Å²) in [6, 6.07) is -0.159. The molecular weight excluding hydrogens is 244 g/mol. The fraction of sp³-hybridized carbons (Fsp3) is 0.714. The fourth-order valence-corrected chi connectivity index (χ4v) is 2.25. The van der Waals surface area contributed by atoms with Crippen molar-refractivity contribution in [3.05, 3.63) is 0 Å². The van der Waals surface area contributed by atoms with E-state index in [0.29, 0.717) is 19.6 Å². The van der Waals surface area contributed by atoms with Gasteiger partial charge in [-0.3, -0.25) is 4.79 Å². The Labute approximate surface area is 114 Å². The number of amides is 2. The minimum Gasteiger partial charge on any atom is -0.481 e. The number of carbonyl (C=O) groups excluding carboxylic acids is 1. The summed E-state index contributed by atoms with van der Waals surface area (Å²) in [5.41, 5.74) is -0.803. The van der Waals surface area contributed by atoms with Gasteiger partial charge in [0.25, 0.3) is 0 Å². The van der Waals surface area contributed by atoms with Crippen molar-refractivity contribution in [2.45, 2.75) is 33.6 Å². The summed E-state index contributed by atoms with van der Waals surface area (Å²) in [6.45, 7) is 6.67. The van der Waals surface area contributed by atoms with Crippen molar-refractivity contribution < 1.29 is 14.7 Å². The molecule has 1 rings (SSSR count). The van der Waals surface area contributed by atoms with Crippen LogP contribution in [0.2, 0.25) is 0 Å². The van der Waals surface area contributed by atoms with E-state index in [1.807, 2.05) is 0 Å². The average molecular weight is 266 g/mol. The minimum atomic E-state index is -0.809. The van der Waals surface area contributed by atoms with Gasteiger partial charge < -0.3 is 15.3 Å². The molecule has 0 aromatic carbocycles. The number of aliphatic carboxylic acids is 1. The number of likely N-dealkylation sites (tertiary alicyclic amines) is 1. The molecule has 0 aromatic heterocycles. The van der Waals surface area contributed by atoms with Gasteiger partial charge in [0.1, 0.15) is 0 Å². The zero-order valence-corrected chi connectivity index (χ0v) is 11.8. The lowest BCUT2D eigenvalue weighted by Gasteiger charge is -2.39. The van der Waals surface area contributed by atoms with E-state index >= 15 is 0 Å². The lowest BCUT2D eigenvalue weighted by molar-refractivity contribution is -0.151. The molecule has 1 fully saturated rings. The van der Waals surface area contributed by atoms with Crippen molar-refractivity contribution in [1.82, 2.24) is 10.2 Å². The van der Waals surface area contributed by atoms with Crippen molar-refractivity contribution in [3.63, 3.8) is 0 Å². The van der Waals surface area contributed by atoms with Crippen LogP contribution in [0.15, 0.2) is 0 Å². The van der Waals surface area contributed by atoms with Gasteiger partial charge in [0.05, 0.1) is 12.0 Å². The first kappa shape index (κ1) is 15.4. The van der Waals surface area contributed by atoms with Gasteiger partial charge in [-0.1, -0.05) is 5.92 Å². The van der Waals surface area contributed by atoms with Gasteiger partial charge in [-0.15, -0.1) is 5.92 Å². The third kappa shape index (κ3) is 3.88. The Morgan fingerprint density at radius 2 is 2.16 bits per heavy atom. The minimum absolute atomic E-state index is 0.0123. The Kier molecular flexibility index (Phi) is 5.22. The first-order valence-corrected chi connectivity index (χ1v) is 6.55. The normalized spacial score (nSPS) is 19.3. The van der Waals surface area contributed by atoms with Crippen LogP contribution in [0.3, 0.4) is 0 Å². The lowest BCUT2D eigenvalue weighted by Crippen LogP contribution is -2.50. The van der Waals surface area contributed by atoms with E-state index in [2.05, 4.69) is 17.2 Å². The Morgan fingerprint density at radius 3 is 2.74 bits per heavy atom. The Bertz CT molecular complexity index is 407. The second kappa shape index (κ2) is 6.46. The van der Waals surface area contributed by atoms with Crippen LogP contribution in [0, 0.1) is 23.2 Å². The number of carbonyl (C=O) groups is 2. The van der Waals surface area contributed by atoms with Gasteiger partial charge in [-0.05, 0) is 39.5 Å². The van der Waals surface area contributed by atoms with E-state index in [1.54, 1.807) is 25.7 Å². The van der Waals surface area contributed by atoms with Crippen LogP contribution in [0.1, 0.15) is 33.6 Å². The molecule has 2 amide bonds. The topological polar surface area (TPSA) is 69.6 Å². The molecule has 1 unspecified atom stereocenters. The molecule has 1 saturated heterocycles. The van der Waals surface area contributed by atoms with Crippen molar-refractivity contribution >= 4 is 12.0 Å². The average Bonchev–Trinajstić information content (AvgIpc) is 2.39. The van der Waals surface area contributed by atoms with E-state index in [4.69, 9.17) is 0 Å². The Balaban J connectivity index is 2.61. The summed E-state index contributed by atoms with van der Waals surface area (Å²) in [6.07, 6.45) is 1.69. The van der Waals surface area contributed by atoms with Crippen molar-refractivity contribution in [2.75, 3.05) is 19.6 Å². The molecule has 5 heteroatoms. The van der Waals surface area contributed by atoms with Crippen LogP contribution in [0.5, 0.6) is 0 Å². The molecular formula is C14H22N2O3. The molecule has 2 N–H and O–H groups in total. The first-order valence-electron chi connectivity index (χ1n) is 6.55. The monoisotopic (exact) mass is 266 g/mol. The molecule has 0 saturated carbocycles. The first-order chi connectivity index (χ1) is 8.89. The molecule has 0 spiro atoms. The van der Waals surface area contributed by atoms with E-state index in [1.165, 1.54) is 0 Å². The van der Waals surface area contributed by atoms with E-state index in [9.17, 15) is 14.7 Å². The molecule has 1 atom stereocenters. The van der Waals surface area contributed by atoms with Gasteiger partial charge in [0.2, 0.25) is 0 Å². The molecule has 0 aromatic rings.